The first-order valence-corrected chi connectivity index (χ1v) is 5.40. The summed E-state index contributed by atoms with van der Waals surface area (Å²) in [5.41, 5.74) is -2.62. The number of hydrogen-bond acceptors (Lipinski definition) is 1. The number of halogens is 7. The van der Waals surface area contributed by atoms with Crippen molar-refractivity contribution < 1.29 is 35.8 Å². The third-order valence-corrected chi connectivity index (χ3v) is 2.79. The fourth-order valence-corrected chi connectivity index (χ4v) is 1.75. The number of hydrogen-bond donors (Lipinski definition) is 1. The molecule has 0 heterocycles. The summed E-state index contributed by atoms with van der Waals surface area (Å²) < 4.78 is 92.3. The van der Waals surface area contributed by atoms with Gasteiger partial charge in [-0.3, -0.25) is 0 Å². The number of rotatable bonds is 2. The normalized spacial score (nSPS) is 12.6. The minimum absolute atomic E-state index is 0.657. The van der Waals surface area contributed by atoms with Gasteiger partial charge in [-0.25, -0.2) is 30.7 Å². The van der Waals surface area contributed by atoms with E-state index in [2.05, 4.69) is 0 Å². The van der Waals surface area contributed by atoms with Gasteiger partial charge in [0.1, 0.15) is 6.10 Å². The molecule has 0 radical (unpaired) electrons. The molecule has 1 nitrogen and oxygen atoms in total. The maximum atomic E-state index is 13.5. The van der Waals surface area contributed by atoms with Crippen LogP contribution < -0.4 is 0 Å². The Morgan fingerprint density at radius 1 is 0.667 bits per heavy atom. The van der Waals surface area contributed by atoms with Crippen molar-refractivity contribution in [2.24, 2.45) is 0 Å². The van der Waals surface area contributed by atoms with Crippen LogP contribution in [0.4, 0.5) is 30.7 Å². The summed E-state index contributed by atoms with van der Waals surface area (Å²) in [7, 11) is 0. The highest BCUT2D eigenvalue weighted by Crippen LogP contribution is 2.32. The minimum Gasteiger partial charge on any atom is -0.383 e. The molecule has 0 bridgehead atoms. The Balaban J connectivity index is 2.70. The Morgan fingerprint density at radius 2 is 1.14 bits per heavy atom. The molecule has 8 heteroatoms. The first-order valence-electron chi connectivity index (χ1n) is 5.40. The molecule has 0 aliphatic heterocycles. The fraction of sp³-hybridized carbons (Fsp3) is 0.0769. The molecule has 2 aromatic carbocycles. The van der Waals surface area contributed by atoms with Crippen molar-refractivity contribution in [1.82, 2.24) is 0 Å². The Labute approximate surface area is 113 Å². The summed E-state index contributed by atoms with van der Waals surface area (Å²) in [6.07, 6.45) is -2.56. The zero-order valence-corrected chi connectivity index (χ0v) is 9.90. The smallest absolute Gasteiger partial charge is 0.200 e. The van der Waals surface area contributed by atoms with Gasteiger partial charge in [-0.15, -0.1) is 0 Å². The third-order valence-electron chi connectivity index (χ3n) is 2.79. The van der Waals surface area contributed by atoms with Crippen molar-refractivity contribution in [2.75, 3.05) is 0 Å². The maximum absolute atomic E-state index is 13.5. The summed E-state index contributed by atoms with van der Waals surface area (Å²) in [5, 5.41) is 9.66. The zero-order valence-electron chi connectivity index (χ0n) is 9.90. The minimum atomic E-state index is -2.56. The van der Waals surface area contributed by atoms with Crippen molar-refractivity contribution in [3.05, 3.63) is 70.0 Å². The lowest BCUT2D eigenvalue weighted by Crippen LogP contribution is -2.13. The Hall–Kier alpha value is -2.09. The predicted octanol–water partition coefficient (Wildman–Crippen LogP) is 3.74. The van der Waals surface area contributed by atoms with Crippen molar-refractivity contribution in [2.45, 2.75) is 6.10 Å². The van der Waals surface area contributed by atoms with E-state index in [1.165, 1.54) is 0 Å². The largest absolute Gasteiger partial charge is 0.383 e. The van der Waals surface area contributed by atoms with Crippen molar-refractivity contribution in [3.8, 4) is 0 Å². The van der Waals surface area contributed by atoms with Gasteiger partial charge in [0.05, 0.1) is 5.56 Å². The summed E-state index contributed by atoms with van der Waals surface area (Å²) in [5.74, 6) is -14.7. The van der Waals surface area contributed by atoms with E-state index in [9.17, 15) is 35.8 Å². The van der Waals surface area contributed by atoms with Crippen LogP contribution in [0.2, 0.25) is 0 Å². The molecule has 112 valence electrons. The van der Waals surface area contributed by atoms with Gasteiger partial charge in [-0.2, -0.15) is 0 Å². The van der Waals surface area contributed by atoms with E-state index in [-0.39, 0.29) is 0 Å². The molecule has 0 saturated carbocycles. The summed E-state index contributed by atoms with van der Waals surface area (Å²) in [4.78, 5) is 0. The second-order valence-corrected chi connectivity index (χ2v) is 4.03. The molecule has 1 unspecified atom stereocenters. The van der Waals surface area contributed by atoms with Crippen LogP contribution in [0.1, 0.15) is 17.2 Å². The van der Waals surface area contributed by atoms with E-state index in [0.717, 1.165) is 12.1 Å². The highest BCUT2D eigenvalue weighted by atomic mass is 19.2. The van der Waals surface area contributed by atoms with Crippen LogP contribution in [-0.4, -0.2) is 5.11 Å². The van der Waals surface area contributed by atoms with Gasteiger partial charge in [0.15, 0.2) is 34.9 Å². The standard InChI is InChI=1S/C13H5F7O/c14-5-3-1-2-4(7(5)15)13(21)6-8(16)10(18)12(20)11(19)9(6)17/h1-3,13,21H. The highest BCUT2D eigenvalue weighted by molar-refractivity contribution is 5.34. The summed E-state index contributed by atoms with van der Waals surface area (Å²) in [6, 6.07) is 2.31. The van der Waals surface area contributed by atoms with Crippen LogP contribution in [-0.2, 0) is 0 Å². The van der Waals surface area contributed by atoms with Crippen LogP contribution in [0, 0.1) is 40.7 Å². The average Bonchev–Trinajstić information content (AvgIpc) is 2.46. The molecule has 0 amide bonds. The average molecular weight is 310 g/mol. The lowest BCUT2D eigenvalue weighted by atomic mass is 9.99. The second-order valence-electron chi connectivity index (χ2n) is 4.03. The molecule has 21 heavy (non-hydrogen) atoms. The Kier molecular flexibility index (Phi) is 3.91. The lowest BCUT2D eigenvalue weighted by molar-refractivity contribution is 0.196. The molecule has 0 fully saturated rings. The van der Waals surface area contributed by atoms with Gasteiger partial charge < -0.3 is 5.11 Å². The first kappa shape index (κ1) is 15.3. The molecule has 0 aliphatic rings. The fourth-order valence-electron chi connectivity index (χ4n) is 1.75. The van der Waals surface area contributed by atoms with E-state index >= 15 is 0 Å². The summed E-state index contributed by atoms with van der Waals surface area (Å²) >= 11 is 0. The highest BCUT2D eigenvalue weighted by Gasteiger charge is 2.31. The number of aliphatic hydroxyl groups is 1. The van der Waals surface area contributed by atoms with E-state index in [1.807, 2.05) is 0 Å². The Morgan fingerprint density at radius 3 is 1.67 bits per heavy atom. The lowest BCUT2D eigenvalue weighted by Gasteiger charge is -2.15. The SMILES string of the molecule is OC(c1cccc(F)c1F)c1c(F)c(F)c(F)c(F)c1F. The van der Waals surface area contributed by atoms with E-state index in [1.54, 1.807) is 0 Å². The molecule has 0 saturated heterocycles. The molecular formula is C13H5F7O. The molecule has 0 aliphatic carbocycles. The van der Waals surface area contributed by atoms with Crippen molar-refractivity contribution in [1.29, 1.82) is 0 Å². The molecule has 0 spiro atoms. The molecule has 1 N–H and O–H groups in total. The molecule has 2 aromatic rings. The van der Waals surface area contributed by atoms with Gasteiger partial charge >= 0.3 is 0 Å². The number of benzene rings is 2. The van der Waals surface area contributed by atoms with Crippen molar-refractivity contribution in [3.63, 3.8) is 0 Å². The molecule has 2 rings (SSSR count). The van der Waals surface area contributed by atoms with Crippen LogP contribution in [0.3, 0.4) is 0 Å². The Bertz CT molecular complexity index is 685. The number of aliphatic hydroxyl groups excluding tert-OH is 1. The van der Waals surface area contributed by atoms with Gasteiger partial charge in [-0.05, 0) is 6.07 Å². The maximum Gasteiger partial charge on any atom is 0.200 e. The van der Waals surface area contributed by atoms with Crippen LogP contribution in [0.25, 0.3) is 0 Å². The monoisotopic (exact) mass is 310 g/mol. The third kappa shape index (κ3) is 2.35. The van der Waals surface area contributed by atoms with Gasteiger partial charge in [0.2, 0.25) is 5.82 Å². The molecule has 0 aromatic heterocycles. The predicted molar refractivity (Wildman–Crippen MR) is 56.7 cm³/mol. The topological polar surface area (TPSA) is 20.2 Å². The van der Waals surface area contributed by atoms with Crippen LogP contribution in [0.15, 0.2) is 18.2 Å². The molecular weight excluding hydrogens is 305 g/mol. The molecule has 1 atom stereocenters. The van der Waals surface area contributed by atoms with Crippen LogP contribution in [0.5, 0.6) is 0 Å². The van der Waals surface area contributed by atoms with Gasteiger partial charge in [-0.1, -0.05) is 12.1 Å². The zero-order chi connectivity index (χ0) is 15.9. The van der Waals surface area contributed by atoms with E-state index in [4.69, 9.17) is 0 Å². The summed E-state index contributed by atoms with van der Waals surface area (Å²) in [6.45, 7) is 0. The second kappa shape index (κ2) is 5.36. The van der Waals surface area contributed by atoms with Crippen molar-refractivity contribution >= 4 is 0 Å². The van der Waals surface area contributed by atoms with E-state index in [0.29, 0.717) is 6.07 Å². The van der Waals surface area contributed by atoms with Gasteiger partial charge in [0.25, 0.3) is 0 Å². The van der Waals surface area contributed by atoms with E-state index < -0.39 is 58.0 Å². The quantitative estimate of drug-likeness (QED) is 0.509. The van der Waals surface area contributed by atoms with Crippen LogP contribution >= 0.6 is 0 Å². The first-order chi connectivity index (χ1) is 9.77. The van der Waals surface area contributed by atoms with Gasteiger partial charge in [0, 0.05) is 5.56 Å².